The lowest BCUT2D eigenvalue weighted by Crippen LogP contribution is -2.21. The Morgan fingerprint density at radius 2 is 1.95 bits per heavy atom. The van der Waals surface area contributed by atoms with Crippen LogP contribution in [-0.2, 0) is 19.4 Å². The summed E-state index contributed by atoms with van der Waals surface area (Å²) in [6.45, 7) is 9.51. The van der Waals surface area contributed by atoms with Gasteiger partial charge < -0.3 is 5.32 Å². The van der Waals surface area contributed by atoms with Gasteiger partial charge in [0, 0.05) is 22.8 Å². The third-order valence-electron chi connectivity index (χ3n) is 3.51. The molecule has 2 rings (SSSR count). The zero-order valence-corrected chi connectivity index (χ0v) is 14.9. The molecule has 0 bridgehead atoms. The summed E-state index contributed by atoms with van der Waals surface area (Å²) in [5, 5.41) is 8.15. The average Bonchev–Trinajstić information content (AvgIpc) is 2.88. The highest BCUT2D eigenvalue weighted by Gasteiger charge is 2.10. The van der Waals surface area contributed by atoms with Crippen molar-refractivity contribution in [1.29, 1.82) is 0 Å². The lowest BCUT2D eigenvalue weighted by molar-refractivity contribution is 0.588. The van der Waals surface area contributed by atoms with E-state index >= 15 is 0 Å². The number of hydrogen-bond donors (Lipinski definition) is 1. The molecule has 0 spiro atoms. The summed E-state index contributed by atoms with van der Waals surface area (Å²) in [7, 11) is 0. The topological polar surface area (TPSA) is 29.9 Å². The largest absolute Gasteiger partial charge is 0.310 e. The van der Waals surface area contributed by atoms with Crippen LogP contribution in [0.1, 0.15) is 44.6 Å². The van der Waals surface area contributed by atoms with Crippen LogP contribution in [-0.4, -0.2) is 15.8 Å². The van der Waals surface area contributed by atoms with Crippen LogP contribution in [0.4, 0.5) is 0 Å². The highest BCUT2D eigenvalue weighted by atomic mass is 79.9. The van der Waals surface area contributed by atoms with Crippen molar-refractivity contribution in [2.24, 2.45) is 0 Å². The molecule has 0 atom stereocenters. The van der Waals surface area contributed by atoms with Crippen LogP contribution in [0.2, 0.25) is 0 Å². The molecule has 4 heteroatoms. The molecule has 0 unspecified atom stereocenters. The number of aryl methyl sites for hydroxylation is 2. The van der Waals surface area contributed by atoms with Crippen LogP contribution in [0, 0.1) is 0 Å². The zero-order chi connectivity index (χ0) is 15.4. The SMILES string of the molecule is CCc1cc(CC)n(-c2ccc(CNC(C)C)cc2Br)n1. The molecule has 2 aromatic rings. The van der Waals surface area contributed by atoms with Gasteiger partial charge in [-0.2, -0.15) is 5.10 Å². The molecule has 0 aliphatic rings. The molecule has 21 heavy (non-hydrogen) atoms. The first-order chi connectivity index (χ1) is 10.0. The molecule has 0 aliphatic heterocycles. The van der Waals surface area contributed by atoms with Gasteiger partial charge in [-0.25, -0.2) is 4.68 Å². The molecule has 0 aliphatic carbocycles. The molecule has 0 amide bonds. The van der Waals surface area contributed by atoms with Gasteiger partial charge in [0.05, 0.1) is 11.4 Å². The monoisotopic (exact) mass is 349 g/mol. The van der Waals surface area contributed by atoms with E-state index < -0.39 is 0 Å². The smallest absolute Gasteiger partial charge is 0.0791 e. The second-order valence-electron chi connectivity index (χ2n) is 5.57. The Morgan fingerprint density at radius 1 is 1.19 bits per heavy atom. The van der Waals surface area contributed by atoms with E-state index in [-0.39, 0.29) is 0 Å². The molecule has 114 valence electrons. The number of nitrogens with one attached hydrogen (secondary N) is 1. The van der Waals surface area contributed by atoms with Crippen LogP contribution in [0.15, 0.2) is 28.7 Å². The van der Waals surface area contributed by atoms with Gasteiger partial charge in [-0.15, -0.1) is 0 Å². The van der Waals surface area contributed by atoms with Crippen molar-refractivity contribution in [3.8, 4) is 5.69 Å². The van der Waals surface area contributed by atoms with Gasteiger partial charge >= 0.3 is 0 Å². The fourth-order valence-electron chi connectivity index (χ4n) is 2.26. The maximum atomic E-state index is 4.71. The fraction of sp³-hybridized carbons (Fsp3) is 0.471. The Labute approximate surface area is 135 Å². The number of nitrogens with zero attached hydrogens (tertiary/aromatic N) is 2. The Bertz CT molecular complexity index is 602. The van der Waals surface area contributed by atoms with Crippen LogP contribution < -0.4 is 5.32 Å². The Kier molecular flexibility index (Phi) is 5.59. The van der Waals surface area contributed by atoms with Crippen molar-refractivity contribution in [1.82, 2.24) is 15.1 Å². The molecule has 0 radical (unpaired) electrons. The number of aromatic nitrogens is 2. The Balaban J connectivity index is 2.30. The quantitative estimate of drug-likeness (QED) is 0.844. The molecule has 0 saturated heterocycles. The summed E-state index contributed by atoms with van der Waals surface area (Å²) >= 11 is 3.70. The molecule has 1 heterocycles. The summed E-state index contributed by atoms with van der Waals surface area (Å²) in [5.74, 6) is 0. The predicted octanol–water partition coefficient (Wildman–Crippen LogP) is 4.26. The van der Waals surface area contributed by atoms with Crippen LogP contribution in [0.5, 0.6) is 0 Å². The first-order valence-corrected chi connectivity index (χ1v) is 8.44. The second-order valence-corrected chi connectivity index (χ2v) is 6.42. The minimum absolute atomic E-state index is 0.494. The number of benzene rings is 1. The standard InChI is InChI=1S/C17H24BrN3/c1-5-14-10-15(6-2)21(20-14)17-8-7-13(9-16(17)18)11-19-12(3)4/h7-10,12,19H,5-6,11H2,1-4H3. The third-order valence-corrected chi connectivity index (χ3v) is 4.15. The van der Waals surface area contributed by atoms with E-state index in [0.29, 0.717) is 6.04 Å². The minimum atomic E-state index is 0.494. The molecular weight excluding hydrogens is 326 g/mol. The van der Waals surface area contributed by atoms with E-state index in [9.17, 15) is 0 Å². The van der Waals surface area contributed by atoms with E-state index in [4.69, 9.17) is 5.10 Å². The van der Waals surface area contributed by atoms with E-state index in [0.717, 1.165) is 35.2 Å². The van der Waals surface area contributed by atoms with Crippen molar-refractivity contribution in [3.05, 3.63) is 45.7 Å². The first-order valence-electron chi connectivity index (χ1n) is 7.65. The number of rotatable bonds is 6. The molecule has 0 saturated carbocycles. The van der Waals surface area contributed by atoms with Gasteiger partial charge in [0.25, 0.3) is 0 Å². The lowest BCUT2D eigenvalue weighted by atomic mass is 10.2. The lowest BCUT2D eigenvalue weighted by Gasteiger charge is -2.12. The molecule has 1 N–H and O–H groups in total. The van der Waals surface area contributed by atoms with E-state index in [1.165, 1.54) is 11.3 Å². The van der Waals surface area contributed by atoms with Crippen molar-refractivity contribution >= 4 is 15.9 Å². The van der Waals surface area contributed by atoms with Gasteiger partial charge in [0.1, 0.15) is 0 Å². The van der Waals surface area contributed by atoms with E-state index in [1.807, 2.05) is 0 Å². The fourth-order valence-corrected chi connectivity index (χ4v) is 2.86. The van der Waals surface area contributed by atoms with Crippen molar-refractivity contribution in [3.63, 3.8) is 0 Å². The zero-order valence-electron chi connectivity index (χ0n) is 13.3. The van der Waals surface area contributed by atoms with Gasteiger partial charge in [0.2, 0.25) is 0 Å². The van der Waals surface area contributed by atoms with E-state index in [1.54, 1.807) is 0 Å². The number of halogens is 1. The van der Waals surface area contributed by atoms with E-state index in [2.05, 4.69) is 77.9 Å². The van der Waals surface area contributed by atoms with Crippen molar-refractivity contribution in [2.45, 2.75) is 53.1 Å². The Morgan fingerprint density at radius 3 is 2.52 bits per heavy atom. The predicted molar refractivity (Wildman–Crippen MR) is 92.0 cm³/mol. The second kappa shape index (κ2) is 7.23. The third kappa shape index (κ3) is 3.95. The Hall–Kier alpha value is -1.13. The van der Waals surface area contributed by atoms with Crippen molar-refractivity contribution < 1.29 is 0 Å². The molecular formula is C17H24BrN3. The summed E-state index contributed by atoms with van der Waals surface area (Å²) in [4.78, 5) is 0. The summed E-state index contributed by atoms with van der Waals surface area (Å²) in [5.41, 5.74) is 4.78. The minimum Gasteiger partial charge on any atom is -0.310 e. The van der Waals surface area contributed by atoms with Crippen LogP contribution in [0.3, 0.4) is 0 Å². The van der Waals surface area contributed by atoms with Gasteiger partial charge in [-0.05, 0) is 52.5 Å². The maximum absolute atomic E-state index is 4.71. The summed E-state index contributed by atoms with van der Waals surface area (Å²) in [6.07, 6.45) is 1.95. The normalized spacial score (nSPS) is 11.3. The van der Waals surface area contributed by atoms with Gasteiger partial charge in [0.15, 0.2) is 0 Å². The molecule has 1 aromatic carbocycles. The highest BCUT2D eigenvalue weighted by molar-refractivity contribution is 9.10. The molecule has 0 fully saturated rings. The van der Waals surface area contributed by atoms with Gasteiger partial charge in [-0.3, -0.25) is 0 Å². The average molecular weight is 350 g/mol. The highest BCUT2D eigenvalue weighted by Crippen LogP contribution is 2.24. The maximum Gasteiger partial charge on any atom is 0.0791 e. The molecule has 3 nitrogen and oxygen atoms in total. The van der Waals surface area contributed by atoms with Crippen LogP contribution in [0.25, 0.3) is 5.69 Å². The summed E-state index contributed by atoms with van der Waals surface area (Å²) in [6, 6.07) is 9.18. The first kappa shape index (κ1) is 16.2. The number of hydrogen-bond acceptors (Lipinski definition) is 2. The summed E-state index contributed by atoms with van der Waals surface area (Å²) < 4.78 is 3.15. The van der Waals surface area contributed by atoms with Crippen molar-refractivity contribution in [2.75, 3.05) is 0 Å². The molecule has 1 aromatic heterocycles. The van der Waals surface area contributed by atoms with Gasteiger partial charge in [-0.1, -0.05) is 33.8 Å². The van der Waals surface area contributed by atoms with Crippen LogP contribution >= 0.6 is 15.9 Å².